The number of hydrogen-bond acceptors (Lipinski definition) is 4. The van der Waals surface area contributed by atoms with Gasteiger partial charge in [-0.2, -0.15) is 5.10 Å². The number of para-hydroxylation sites is 1. The van der Waals surface area contributed by atoms with Gasteiger partial charge in [-0.3, -0.25) is 9.59 Å². The number of rotatable bonds is 6. The predicted molar refractivity (Wildman–Crippen MR) is 159 cm³/mol. The van der Waals surface area contributed by atoms with Crippen LogP contribution in [0.1, 0.15) is 43.1 Å². The average molecular weight is 541 g/mol. The van der Waals surface area contributed by atoms with E-state index in [9.17, 15) is 14.0 Å². The topological polar surface area (TPSA) is 75.8 Å². The number of carbonyl (C=O) groups is 2. The molecular weight excluding hydrogens is 515 g/mol. The third-order valence-corrected chi connectivity index (χ3v) is 7.13. The van der Waals surface area contributed by atoms with Crippen molar-refractivity contribution in [1.29, 1.82) is 0 Å². The van der Waals surface area contributed by atoms with Crippen LogP contribution in [0.5, 0.6) is 0 Å². The zero-order chi connectivity index (χ0) is 28.5. The van der Waals surface area contributed by atoms with Gasteiger partial charge in [0.25, 0.3) is 5.91 Å². The Labute approximate surface area is 235 Å². The summed E-state index contributed by atoms with van der Waals surface area (Å²) in [4.78, 5) is 31.6. The minimum Gasteiger partial charge on any atom is -0.313 e. The summed E-state index contributed by atoms with van der Waals surface area (Å²) < 4.78 is 15.2. The number of carbonyl (C=O) groups excluding carboxylic acids is 2. The maximum Gasteiger partial charge on any atom is 0.272 e. The van der Waals surface area contributed by atoms with E-state index in [0.717, 1.165) is 16.6 Å². The van der Waals surface area contributed by atoms with E-state index < -0.39 is 5.82 Å². The first kappa shape index (κ1) is 25.8. The summed E-state index contributed by atoms with van der Waals surface area (Å²) >= 11 is 0. The number of aryl methyl sites for hydroxylation is 1. The van der Waals surface area contributed by atoms with Gasteiger partial charge in [0, 0.05) is 28.3 Å². The quantitative estimate of drug-likeness (QED) is 0.142. The Kier molecular flexibility index (Phi) is 6.69. The van der Waals surface area contributed by atoms with E-state index >= 15 is 0 Å². The molecule has 0 aliphatic rings. The highest BCUT2D eigenvalue weighted by Crippen LogP contribution is 2.26. The van der Waals surface area contributed by atoms with Crippen LogP contribution in [-0.2, 0) is 0 Å². The molecule has 0 radical (unpaired) electrons. The van der Waals surface area contributed by atoms with E-state index in [1.165, 1.54) is 24.3 Å². The van der Waals surface area contributed by atoms with Gasteiger partial charge in [0.1, 0.15) is 5.82 Å². The van der Waals surface area contributed by atoms with E-state index in [2.05, 4.69) is 10.5 Å². The number of halogens is 1. The monoisotopic (exact) mass is 540 g/mol. The van der Waals surface area contributed by atoms with E-state index in [1.54, 1.807) is 22.9 Å². The van der Waals surface area contributed by atoms with Crippen molar-refractivity contribution in [2.24, 2.45) is 5.10 Å². The maximum atomic E-state index is 13.5. The summed E-state index contributed by atoms with van der Waals surface area (Å²) in [5.41, 5.74) is 9.52. The zero-order valence-corrected chi connectivity index (χ0v) is 22.4. The molecule has 0 unspecified atom stereocenters. The molecule has 6 aromatic rings. The number of hydrogen-bond donors (Lipinski definition) is 1. The molecule has 1 N–H and O–H groups in total. The van der Waals surface area contributed by atoms with Crippen LogP contribution in [0.2, 0.25) is 0 Å². The molecule has 0 bridgehead atoms. The number of ketones is 1. The number of aromatic nitrogens is 2. The fourth-order valence-corrected chi connectivity index (χ4v) is 4.99. The van der Waals surface area contributed by atoms with Crippen molar-refractivity contribution in [3.05, 3.63) is 143 Å². The lowest BCUT2D eigenvalue weighted by molar-refractivity contribution is 0.0956. The lowest BCUT2D eigenvalue weighted by atomic mass is 10.0. The zero-order valence-electron chi connectivity index (χ0n) is 22.4. The molecule has 41 heavy (non-hydrogen) atoms. The van der Waals surface area contributed by atoms with Crippen LogP contribution in [0.25, 0.3) is 27.7 Å². The van der Waals surface area contributed by atoms with Gasteiger partial charge < -0.3 is 4.40 Å². The van der Waals surface area contributed by atoms with Crippen LogP contribution in [0.3, 0.4) is 0 Å². The van der Waals surface area contributed by atoms with E-state index in [1.807, 2.05) is 80.6 Å². The smallest absolute Gasteiger partial charge is 0.272 e. The highest BCUT2D eigenvalue weighted by Gasteiger charge is 2.21. The highest BCUT2D eigenvalue weighted by atomic mass is 19.1. The number of pyridine rings is 2. The third-order valence-electron chi connectivity index (χ3n) is 7.13. The second-order valence-corrected chi connectivity index (χ2v) is 9.82. The highest BCUT2D eigenvalue weighted by molar-refractivity contribution is 6.12. The summed E-state index contributed by atoms with van der Waals surface area (Å²) in [6.45, 7) is 3.85. The first-order valence-corrected chi connectivity index (χ1v) is 13.1. The molecule has 0 fully saturated rings. The van der Waals surface area contributed by atoms with Crippen LogP contribution in [-0.4, -0.2) is 27.3 Å². The molecule has 3 aromatic carbocycles. The lowest BCUT2D eigenvalue weighted by Gasteiger charge is -2.09. The van der Waals surface area contributed by atoms with Crippen LogP contribution in [0.4, 0.5) is 4.39 Å². The molecule has 0 aliphatic carbocycles. The summed E-state index contributed by atoms with van der Waals surface area (Å²) in [6, 6.07) is 28.3. The molecule has 6 rings (SSSR count). The van der Waals surface area contributed by atoms with Crippen molar-refractivity contribution in [3.63, 3.8) is 0 Å². The van der Waals surface area contributed by atoms with Gasteiger partial charge in [0.05, 0.1) is 34.2 Å². The number of benzene rings is 3. The Hall–Kier alpha value is -5.43. The molecular formula is C34H25FN4O2. The largest absolute Gasteiger partial charge is 0.313 e. The number of hydrazone groups is 1. The SMILES string of the molecule is Cc1ccc(-c2cc(C(=O)N/N=C\c3c(C)c(C(=O)c4ccc(F)cc4)n4ccccc34)c3ccccc3n2)cc1. The minimum absolute atomic E-state index is 0.237. The Morgan fingerprint density at radius 1 is 0.902 bits per heavy atom. The van der Waals surface area contributed by atoms with Gasteiger partial charge in [0.15, 0.2) is 0 Å². The fraction of sp³-hybridized carbons (Fsp3) is 0.0588. The summed E-state index contributed by atoms with van der Waals surface area (Å²) in [7, 11) is 0. The molecule has 0 atom stereocenters. The van der Waals surface area contributed by atoms with Crippen LogP contribution < -0.4 is 5.43 Å². The third kappa shape index (κ3) is 4.89. The second-order valence-electron chi connectivity index (χ2n) is 9.82. The first-order valence-electron chi connectivity index (χ1n) is 13.1. The van der Waals surface area contributed by atoms with Gasteiger partial charge in [-0.25, -0.2) is 14.8 Å². The van der Waals surface area contributed by atoms with Crippen molar-refractivity contribution in [1.82, 2.24) is 14.8 Å². The Bertz CT molecular complexity index is 1970. The van der Waals surface area contributed by atoms with E-state index in [-0.39, 0.29) is 11.7 Å². The van der Waals surface area contributed by atoms with Crippen LogP contribution >= 0.6 is 0 Å². The second kappa shape index (κ2) is 10.6. The molecule has 200 valence electrons. The van der Waals surface area contributed by atoms with E-state index in [0.29, 0.717) is 44.5 Å². The van der Waals surface area contributed by atoms with Gasteiger partial charge in [0.2, 0.25) is 5.78 Å². The predicted octanol–water partition coefficient (Wildman–Crippen LogP) is 6.91. The van der Waals surface area contributed by atoms with Crippen molar-refractivity contribution in [2.75, 3.05) is 0 Å². The van der Waals surface area contributed by atoms with Gasteiger partial charge in [-0.05, 0) is 67.9 Å². The molecule has 0 saturated carbocycles. The van der Waals surface area contributed by atoms with Gasteiger partial charge >= 0.3 is 0 Å². The number of amides is 1. The Morgan fingerprint density at radius 3 is 2.41 bits per heavy atom. The normalized spacial score (nSPS) is 11.4. The minimum atomic E-state index is -0.408. The number of fused-ring (bicyclic) bond motifs is 2. The van der Waals surface area contributed by atoms with Gasteiger partial charge in [-0.15, -0.1) is 0 Å². The van der Waals surface area contributed by atoms with Crippen molar-refractivity contribution >= 4 is 34.3 Å². The molecule has 6 nitrogen and oxygen atoms in total. The Balaban J connectivity index is 1.34. The summed E-state index contributed by atoms with van der Waals surface area (Å²) in [5, 5.41) is 5.00. The van der Waals surface area contributed by atoms with Crippen molar-refractivity contribution in [3.8, 4) is 11.3 Å². The fourth-order valence-electron chi connectivity index (χ4n) is 4.99. The molecule has 0 aliphatic heterocycles. The summed E-state index contributed by atoms with van der Waals surface area (Å²) in [5.74, 6) is -1.02. The molecule has 3 heterocycles. The molecule has 7 heteroatoms. The molecule has 1 amide bonds. The molecule has 0 saturated heterocycles. The molecule has 3 aromatic heterocycles. The average Bonchev–Trinajstić information content (AvgIpc) is 3.27. The van der Waals surface area contributed by atoms with Crippen LogP contribution in [0.15, 0.2) is 108 Å². The van der Waals surface area contributed by atoms with Crippen LogP contribution in [0, 0.1) is 19.7 Å². The van der Waals surface area contributed by atoms with Gasteiger partial charge in [-0.1, -0.05) is 54.1 Å². The number of nitrogens with zero attached hydrogens (tertiary/aromatic N) is 3. The van der Waals surface area contributed by atoms with Crippen molar-refractivity contribution in [2.45, 2.75) is 13.8 Å². The standard InChI is InChI=1S/C34H25FN4O2/c1-21-10-12-23(13-11-21)30-19-27(26-7-3-4-8-29(26)37-30)34(41)38-36-20-28-22(2)32(39-18-6-5-9-31(28)39)33(40)24-14-16-25(35)17-15-24/h3-20H,1-2H3,(H,38,41)/b36-20-. The molecule has 0 spiro atoms. The number of nitrogens with one attached hydrogen (secondary N) is 1. The van der Waals surface area contributed by atoms with Crippen molar-refractivity contribution < 1.29 is 14.0 Å². The van der Waals surface area contributed by atoms with E-state index in [4.69, 9.17) is 4.98 Å². The Morgan fingerprint density at radius 2 is 1.63 bits per heavy atom. The lowest BCUT2D eigenvalue weighted by Crippen LogP contribution is -2.18. The maximum absolute atomic E-state index is 13.5. The summed E-state index contributed by atoms with van der Waals surface area (Å²) in [6.07, 6.45) is 3.35. The first-order chi connectivity index (χ1) is 19.9.